The zero-order chi connectivity index (χ0) is 20.7. The Balaban J connectivity index is 1.61. The predicted molar refractivity (Wildman–Crippen MR) is 113 cm³/mol. The summed E-state index contributed by atoms with van der Waals surface area (Å²) < 4.78 is 5.10. The van der Waals surface area contributed by atoms with Gasteiger partial charge in [-0.1, -0.05) is 36.4 Å². The van der Waals surface area contributed by atoms with E-state index in [2.05, 4.69) is 25.8 Å². The average molecular weight is 398 g/mol. The van der Waals surface area contributed by atoms with Crippen molar-refractivity contribution < 1.29 is 0 Å². The molecular formula is C21H18N8O. The molecule has 5 rings (SSSR count). The first kappa shape index (κ1) is 17.8. The molecule has 3 heterocycles. The number of aromatic nitrogens is 7. The Labute approximate surface area is 171 Å². The Morgan fingerprint density at radius 2 is 1.57 bits per heavy atom. The third-order valence-electron chi connectivity index (χ3n) is 5.08. The topological polar surface area (TPSA) is 95.5 Å². The van der Waals surface area contributed by atoms with Gasteiger partial charge in [0.2, 0.25) is 0 Å². The molecule has 3 aromatic heterocycles. The highest BCUT2D eigenvalue weighted by Gasteiger charge is 2.19. The number of hydrogen-bond acceptors (Lipinski definition) is 6. The van der Waals surface area contributed by atoms with Crippen molar-refractivity contribution in [3.63, 3.8) is 0 Å². The van der Waals surface area contributed by atoms with Gasteiger partial charge < -0.3 is 5.32 Å². The van der Waals surface area contributed by atoms with Gasteiger partial charge in [0.25, 0.3) is 5.56 Å². The minimum atomic E-state index is -0.177. The summed E-state index contributed by atoms with van der Waals surface area (Å²) >= 11 is 0. The highest BCUT2D eigenvalue weighted by Crippen LogP contribution is 2.24. The first-order valence-electron chi connectivity index (χ1n) is 9.38. The Morgan fingerprint density at radius 1 is 0.900 bits per heavy atom. The van der Waals surface area contributed by atoms with Crippen LogP contribution in [0.15, 0.2) is 71.7 Å². The summed E-state index contributed by atoms with van der Waals surface area (Å²) in [6.45, 7) is 1.88. The molecule has 0 fully saturated rings. The van der Waals surface area contributed by atoms with Crippen molar-refractivity contribution in [1.82, 2.24) is 34.6 Å². The van der Waals surface area contributed by atoms with Crippen LogP contribution in [0.25, 0.3) is 22.4 Å². The van der Waals surface area contributed by atoms with E-state index >= 15 is 0 Å². The minimum absolute atomic E-state index is 0.177. The Kier molecular flexibility index (Phi) is 4.13. The second kappa shape index (κ2) is 6.96. The van der Waals surface area contributed by atoms with Crippen LogP contribution >= 0.6 is 0 Å². The number of rotatable bonds is 4. The third kappa shape index (κ3) is 2.75. The number of anilines is 2. The fraction of sp³-hybridized carbons (Fsp3) is 0.0952. The van der Waals surface area contributed by atoms with E-state index in [4.69, 9.17) is 0 Å². The quantitative estimate of drug-likeness (QED) is 0.500. The molecule has 30 heavy (non-hydrogen) atoms. The molecular weight excluding hydrogens is 380 g/mol. The number of benzene rings is 2. The van der Waals surface area contributed by atoms with Crippen LogP contribution in [0.5, 0.6) is 0 Å². The molecule has 148 valence electrons. The highest BCUT2D eigenvalue weighted by atomic mass is 16.1. The smallest absolute Gasteiger partial charge is 0.295 e. The van der Waals surface area contributed by atoms with Crippen molar-refractivity contribution >= 4 is 22.5 Å². The Bertz CT molecular complexity index is 1400. The van der Waals surface area contributed by atoms with Crippen molar-refractivity contribution in [1.29, 1.82) is 0 Å². The van der Waals surface area contributed by atoms with Crippen LogP contribution in [0.1, 0.15) is 5.69 Å². The van der Waals surface area contributed by atoms with Gasteiger partial charge in [0.1, 0.15) is 5.69 Å². The van der Waals surface area contributed by atoms with E-state index in [1.165, 1.54) is 0 Å². The zero-order valence-corrected chi connectivity index (χ0v) is 16.4. The van der Waals surface area contributed by atoms with Crippen molar-refractivity contribution in [2.75, 3.05) is 5.32 Å². The fourth-order valence-electron chi connectivity index (χ4n) is 3.45. The summed E-state index contributed by atoms with van der Waals surface area (Å²) in [6.07, 6.45) is 1.67. The van der Waals surface area contributed by atoms with Crippen molar-refractivity contribution in [3.05, 3.63) is 82.9 Å². The standard InChI is InChI=1S/C21H18N8O/c1-14-18(21(30)29(27(14)2)16-11-7-4-8-12-16)23-19-17-13-22-28(20(17)25-26-24-19)15-9-5-3-6-10-15/h3-13H,1-2H3,(H,23,24,25). The number of hydrogen-bond donors (Lipinski definition) is 1. The van der Waals surface area contributed by atoms with Gasteiger partial charge in [-0.05, 0) is 36.4 Å². The van der Waals surface area contributed by atoms with Gasteiger partial charge in [-0.3, -0.25) is 9.48 Å². The molecule has 0 unspecified atom stereocenters. The van der Waals surface area contributed by atoms with E-state index in [1.807, 2.05) is 74.6 Å². The maximum Gasteiger partial charge on any atom is 0.295 e. The average Bonchev–Trinajstić information content (AvgIpc) is 3.31. The van der Waals surface area contributed by atoms with Gasteiger partial charge in [0.15, 0.2) is 11.5 Å². The van der Waals surface area contributed by atoms with Crippen LogP contribution in [-0.2, 0) is 7.05 Å². The first-order valence-corrected chi connectivity index (χ1v) is 9.38. The van der Waals surface area contributed by atoms with Crippen LogP contribution < -0.4 is 10.9 Å². The molecule has 0 bridgehead atoms. The van der Waals surface area contributed by atoms with Crippen molar-refractivity contribution in [2.24, 2.45) is 7.05 Å². The van der Waals surface area contributed by atoms with Gasteiger partial charge in [0, 0.05) is 7.05 Å². The number of nitrogens with one attached hydrogen (secondary N) is 1. The van der Waals surface area contributed by atoms with E-state index in [9.17, 15) is 4.79 Å². The predicted octanol–water partition coefficient (Wildman–Crippen LogP) is 2.75. The molecule has 0 saturated carbocycles. The summed E-state index contributed by atoms with van der Waals surface area (Å²) in [5.74, 6) is 0.424. The Hall–Kier alpha value is -4.27. The van der Waals surface area contributed by atoms with Gasteiger partial charge in [0.05, 0.1) is 28.7 Å². The van der Waals surface area contributed by atoms with Crippen LogP contribution in [0, 0.1) is 6.92 Å². The van der Waals surface area contributed by atoms with Gasteiger partial charge in [-0.25, -0.2) is 9.36 Å². The molecule has 5 aromatic rings. The van der Waals surface area contributed by atoms with E-state index in [1.54, 1.807) is 20.2 Å². The molecule has 0 saturated heterocycles. The van der Waals surface area contributed by atoms with Crippen molar-refractivity contribution in [3.8, 4) is 11.4 Å². The molecule has 0 aliphatic rings. The number of fused-ring (bicyclic) bond motifs is 1. The van der Waals surface area contributed by atoms with Gasteiger partial charge in [-0.2, -0.15) is 5.10 Å². The number of para-hydroxylation sites is 2. The lowest BCUT2D eigenvalue weighted by Gasteiger charge is -2.07. The van der Waals surface area contributed by atoms with Crippen LogP contribution in [0.2, 0.25) is 0 Å². The highest BCUT2D eigenvalue weighted by molar-refractivity contribution is 5.88. The molecule has 9 heteroatoms. The molecule has 0 atom stereocenters. The number of nitrogens with zero attached hydrogens (tertiary/aromatic N) is 7. The van der Waals surface area contributed by atoms with Crippen LogP contribution in [0.3, 0.4) is 0 Å². The monoisotopic (exact) mass is 398 g/mol. The molecule has 0 spiro atoms. The fourth-order valence-corrected chi connectivity index (χ4v) is 3.45. The molecule has 0 aliphatic heterocycles. The largest absolute Gasteiger partial charge is 0.332 e. The van der Waals surface area contributed by atoms with Crippen LogP contribution in [-0.4, -0.2) is 34.6 Å². The maximum absolute atomic E-state index is 13.2. The summed E-state index contributed by atoms with van der Waals surface area (Å²) in [7, 11) is 1.84. The molecule has 9 nitrogen and oxygen atoms in total. The van der Waals surface area contributed by atoms with E-state index in [0.29, 0.717) is 22.5 Å². The van der Waals surface area contributed by atoms with Gasteiger partial charge in [-0.15, -0.1) is 10.2 Å². The SMILES string of the molecule is Cc1c(Nc2nnnc3c2cnn3-c2ccccc2)c(=O)n(-c2ccccc2)n1C. The second-order valence-corrected chi connectivity index (χ2v) is 6.83. The minimum Gasteiger partial charge on any atom is -0.332 e. The molecule has 0 aliphatic carbocycles. The lowest BCUT2D eigenvalue weighted by molar-refractivity contribution is 0.630. The summed E-state index contributed by atoms with van der Waals surface area (Å²) in [6, 6.07) is 19.1. The van der Waals surface area contributed by atoms with Crippen molar-refractivity contribution in [2.45, 2.75) is 6.92 Å². The van der Waals surface area contributed by atoms with E-state index in [-0.39, 0.29) is 5.56 Å². The van der Waals surface area contributed by atoms with E-state index < -0.39 is 0 Å². The lowest BCUT2D eigenvalue weighted by atomic mass is 10.3. The summed E-state index contributed by atoms with van der Waals surface area (Å²) in [5.41, 5.74) is 3.21. The lowest BCUT2D eigenvalue weighted by Crippen LogP contribution is -2.20. The summed E-state index contributed by atoms with van der Waals surface area (Å²) in [5, 5.41) is 20.4. The molecule has 0 amide bonds. The third-order valence-corrected chi connectivity index (χ3v) is 5.08. The molecule has 2 aromatic carbocycles. The normalized spacial score (nSPS) is 11.1. The second-order valence-electron chi connectivity index (χ2n) is 6.83. The van der Waals surface area contributed by atoms with E-state index in [0.717, 1.165) is 17.1 Å². The molecule has 1 N–H and O–H groups in total. The van der Waals surface area contributed by atoms with Gasteiger partial charge >= 0.3 is 0 Å². The maximum atomic E-state index is 13.2. The molecule has 0 radical (unpaired) electrons. The zero-order valence-electron chi connectivity index (χ0n) is 16.4. The Morgan fingerprint density at radius 3 is 2.27 bits per heavy atom. The summed E-state index contributed by atoms with van der Waals surface area (Å²) in [4.78, 5) is 13.2. The first-order chi connectivity index (χ1) is 14.6. The van der Waals surface area contributed by atoms with Crippen LogP contribution in [0.4, 0.5) is 11.5 Å².